The van der Waals surface area contributed by atoms with Gasteiger partial charge >= 0.3 is 0 Å². The largest absolute Gasteiger partial charge is 0.364 e. The minimum absolute atomic E-state index is 0.335. The molecule has 2 heterocycles. The second-order valence-electron chi connectivity index (χ2n) is 5.96. The minimum atomic E-state index is 0.335. The summed E-state index contributed by atoms with van der Waals surface area (Å²) in [5, 5.41) is 9.44. The lowest BCUT2D eigenvalue weighted by atomic mass is 9.81. The van der Waals surface area contributed by atoms with E-state index in [4.69, 9.17) is 5.73 Å². The second-order valence-corrected chi connectivity index (χ2v) is 5.96. The molecule has 3 rings (SSSR count). The average molecular weight is 255 g/mol. The minimum Gasteiger partial charge on any atom is -0.364 e. The highest BCUT2D eigenvalue weighted by Gasteiger charge is 2.38. The second kappa shape index (κ2) is 4.86. The van der Waals surface area contributed by atoms with Crippen molar-refractivity contribution in [2.24, 2.45) is 5.73 Å². The third kappa shape index (κ3) is 2.11. The molecule has 0 amide bonds. The highest BCUT2D eigenvalue weighted by atomic mass is 15.2. The molecule has 100 valence electrons. The average Bonchev–Trinajstić information content (AvgIpc) is 2.37. The standard InChI is InChI=1S/C16H21N3/c1-11-4-2-7-16(15(11)10-17)19-13-5-3-6-14(19)9-12(18)8-13/h2,4,7,12-14H,3,5-6,8-9,18H2,1H3. The Morgan fingerprint density at radius 2 is 1.95 bits per heavy atom. The molecule has 2 bridgehead atoms. The van der Waals surface area contributed by atoms with E-state index in [1.165, 1.54) is 19.3 Å². The number of hydrogen-bond acceptors (Lipinski definition) is 3. The van der Waals surface area contributed by atoms with E-state index >= 15 is 0 Å². The van der Waals surface area contributed by atoms with Crippen LogP contribution in [0.3, 0.4) is 0 Å². The maximum atomic E-state index is 9.44. The molecule has 3 nitrogen and oxygen atoms in total. The highest BCUT2D eigenvalue weighted by molar-refractivity contribution is 5.64. The first kappa shape index (κ1) is 12.5. The summed E-state index contributed by atoms with van der Waals surface area (Å²) >= 11 is 0. The zero-order valence-electron chi connectivity index (χ0n) is 11.5. The molecule has 3 heteroatoms. The van der Waals surface area contributed by atoms with Crippen LogP contribution in [-0.4, -0.2) is 18.1 Å². The third-order valence-corrected chi connectivity index (χ3v) is 4.65. The summed E-state index contributed by atoms with van der Waals surface area (Å²) in [6, 6.07) is 9.96. The fourth-order valence-electron chi connectivity index (χ4n) is 3.83. The molecule has 0 radical (unpaired) electrons. The Hall–Kier alpha value is -1.53. The van der Waals surface area contributed by atoms with Crippen LogP contribution in [0.25, 0.3) is 0 Å². The van der Waals surface area contributed by atoms with Crippen LogP contribution < -0.4 is 10.6 Å². The topological polar surface area (TPSA) is 53.0 Å². The van der Waals surface area contributed by atoms with Crippen molar-refractivity contribution in [2.75, 3.05) is 4.90 Å². The lowest BCUT2D eigenvalue weighted by Gasteiger charge is -2.50. The third-order valence-electron chi connectivity index (χ3n) is 4.65. The molecule has 19 heavy (non-hydrogen) atoms. The lowest BCUT2D eigenvalue weighted by molar-refractivity contribution is 0.271. The van der Waals surface area contributed by atoms with E-state index in [1.54, 1.807) is 0 Å². The molecule has 0 spiro atoms. The summed E-state index contributed by atoms with van der Waals surface area (Å²) in [7, 11) is 0. The summed E-state index contributed by atoms with van der Waals surface area (Å²) in [6.45, 7) is 2.02. The van der Waals surface area contributed by atoms with Gasteiger partial charge in [0.15, 0.2) is 0 Å². The Morgan fingerprint density at radius 3 is 2.58 bits per heavy atom. The van der Waals surface area contributed by atoms with Crippen LogP contribution >= 0.6 is 0 Å². The number of hydrogen-bond donors (Lipinski definition) is 1. The van der Waals surface area contributed by atoms with Crippen LogP contribution in [0, 0.1) is 18.3 Å². The van der Waals surface area contributed by atoms with Crippen LogP contribution in [0.1, 0.15) is 43.2 Å². The van der Waals surface area contributed by atoms with Crippen LogP contribution in [0.4, 0.5) is 5.69 Å². The monoisotopic (exact) mass is 255 g/mol. The molecule has 2 aliphatic rings. The Morgan fingerprint density at radius 1 is 1.26 bits per heavy atom. The van der Waals surface area contributed by atoms with Gasteiger partial charge in [0.2, 0.25) is 0 Å². The summed E-state index contributed by atoms with van der Waals surface area (Å²) < 4.78 is 0. The normalized spacial score (nSPS) is 29.9. The van der Waals surface area contributed by atoms with Crippen molar-refractivity contribution in [1.82, 2.24) is 0 Å². The number of rotatable bonds is 1. The van der Waals surface area contributed by atoms with Gasteiger partial charge < -0.3 is 10.6 Å². The van der Waals surface area contributed by atoms with Crippen molar-refractivity contribution in [3.8, 4) is 6.07 Å². The van der Waals surface area contributed by atoms with Gasteiger partial charge in [-0.05, 0) is 50.7 Å². The van der Waals surface area contributed by atoms with Gasteiger partial charge in [-0.3, -0.25) is 0 Å². The van der Waals surface area contributed by atoms with E-state index in [0.29, 0.717) is 18.1 Å². The van der Waals surface area contributed by atoms with E-state index in [2.05, 4.69) is 23.1 Å². The molecule has 2 unspecified atom stereocenters. The lowest BCUT2D eigenvalue weighted by Crippen LogP contribution is -2.55. The Labute approximate surface area is 115 Å². The van der Waals surface area contributed by atoms with Gasteiger partial charge in [-0.2, -0.15) is 5.26 Å². The van der Waals surface area contributed by atoms with Gasteiger partial charge in [-0.25, -0.2) is 0 Å². The molecule has 1 aromatic carbocycles. The number of anilines is 1. The summed E-state index contributed by atoms with van der Waals surface area (Å²) in [5.74, 6) is 0. The maximum Gasteiger partial charge on any atom is 0.102 e. The number of piperidine rings is 2. The van der Waals surface area contributed by atoms with Crippen molar-refractivity contribution in [1.29, 1.82) is 5.26 Å². The fraction of sp³-hybridized carbons (Fsp3) is 0.562. The Balaban J connectivity index is 2.02. The van der Waals surface area contributed by atoms with Crippen molar-refractivity contribution in [3.63, 3.8) is 0 Å². The van der Waals surface area contributed by atoms with Crippen LogP contribution in [-0.2, 0) is 0 Å². The highest BCUT2D eigenvalue weighted by Crippen LogP contribution is 2.39. The molecule has 0 aromatic heterocycles. The first-order valence-electron chi connectivity index (χ1n) is 7.24. The number of nitrogens with two attached hydrogens (primary N) is 1. The van der Waals surface area contributed by atoms with Crippen molar-refractivity contribution in [2.45, 2.75) is 57.2 Å². The predicted molar refractivity (Wildman–Crippen MR) is 77.0 cm³/mol. The van der Waals surface area contributed by atoms with Crippen molar-refractivity contribution >= 4 is 5.69 Å². The molecule has 1 aromatic rings. The first-order valence-corrected chi connectivity index (χ1v) is 7.24. The molecule has 0 saturated carbocycles. The van der Waals surface area contributed by atoms with Gasteiger partial charge in [0.05, 0.1) is 11.3 Å². The molecule has 2 atom stereocenters. The number of nitriles is 1. The number of aryl methyl sites for hydroxylation is 1. The first-order chi connectivity index (χ1) is 9.20. The quantitative estimate of drug-likeness (QED) is 0.839. The molecular formula is C16H21N3. The Kier molecular flexibility index (Phi) is 3.20. The summed E-state index contributed by atoms with van der Waals surface area (Å²) in [5.41, 5.74) is 9.22. The van der Waals surface area contributed by atoms with E-state index < -0.39 is 0 Å². The molecule has 2 N–H and O–H groups in total. The maximum absolute atomic E-state index is 9.44. The Bertz CT molecular complexity index is 503. The van der Waals surface area contributed by atoms with Crippen molar-refractivity contribution < 1.29 is 0 Å². The van der Waals surface area contributed by atoms with Crippen LogP contribution in [0.15, 0.2) is 18.2 Å². The van der Waals surface area contributed by atoms with Gasteiger partial charge in [0.1, 0.15) is 6.07 Å². The number of benzene rings is 1. The molecule has 0 aliphatic carbocycles. The fourth-order valence-corrected chi connectivity index (χ4v) is 3.83. The molecule has 2 aliphatic heterocycles. The summed E-state index contributed by atoms with van der Waals surface area (Å²) in [6.07, 6.45) is 5.85. The van der Waals surface area contributed by atoms with E-state index in [9.17, 15) is 5.26 Å². The van der Waals surface area contributed by atoms with Gasteiger partial charge in [-0.1, -0.05) is 12.1 Å². The van der Waals surface area contributed by atoms with E-state index in [-0.39, 0.29) is 0 Å². The zero-order valence-corrected chi connectivity index (χ0v) is 11.5. The molecular weight excluding hydrogens is 234 g/mol. The predicted octanol–water partition coefficient (Wildman–Crippen LogP) is 2.72. The summed E-state index contributed by atoms with van der Waals surface area (Å²) in [4.78, 5) is 2.50. The van der Waals surface area contributed by atoms with Gasteiger partial charge in [-0.15, -0.1) is 0 Å². The SMILES string of the molecule is Cc1cccc(N2C3CCCC2CC(N)C3)c1C#N. The van der Waals surface area contributed by atoms with Gasteiger partial charge in [0, 0.05) is 18.1 Å². The molecule has 2 saturated heterocycles. The molecule has 2 fully saturated rings. The van der Waals surface area contributed by atoms with Crippen LogP contribution in [0.2, 0.25) is 0 Å². The van der Waals surface area contributed by atoms with Crippen molar-refractivity contribution in [3.05, 3.63) is 29.3 Å². The smallest absolute Gasteiger partial charge is 0.102 e. The van der Waals surface area contributed by atoms with E-state index in [0.717, 1.165) is 29.7 Å². The van der Waals surface area contributed by atoms with Crippen LogP contribution in [0.5, 0.6) is 0 Å². The number of nitrogens with zero attached hydrogens (tertiary/aromatic N) is 2. The zero-order chi connectivity index (χ0) is 13.4. The number of fused-ring (bicyclic) bond motifs is 2. The van der Waals surface area contributed by atoms with E-state index in [1.807, 2.05) is 13.0 Å². The van der Waals surface area contributed by atoms with Gasteiger partial charge in [0.25, 0.3) is 0 Å².